The van der Waals surface area contributed by atoms with E-state index in [4.69, 9.17) is 0 Å². The van der Waals surface area contributed by atoms with Gasteiger partial charge in [-0.05, 0) is 44.4 Å². The van der Waals surface area contributed by atoms with Gasteiger partial charge in [0.05, 0.1) is 16.3 Å². The van der Waals surface area contributed by atoms with Crippen molar-refractivity contribution >= 4 is 45.3 Å². The number of carbonyl (C=O) groups is 2. The molecule has 2 aromatic heterocycles. The molecule has 3 aromatic rings. The summed E-state index contributed by atoms with van der Waals surface area (Å²) in [7, 11) is 0. The molecule has 9 heteroatoms. The van der Waals surface area contributed by atoms with Crippen molar-refractivity contribution < 1.29 is 9.59 Å². The zero-order chi connectivity index (χ0) is 20.3. The van der Waals surface area contributed by atoms with E-state index in [-0.39, 0.29) is 11.6 Å². The number of rotatable bonds is 5. The normalized spacial score (nSPS) is 12.1. The molecule has 3 amide bonds. The first-order chi connectivity index (χ1) is 13.4. The number of carbonyl (C=O) groups excluding carboxylic acids is 2. The van der Waals surface area contributed by atoms with Gasteiger partial charge < -0.3 is 5.32 Å². The molecule has 3 rings (SSSR count). The Hall–Kier alpha value is -2.65. The van der Waals surface area contributed by atoms with E-state index in [9.17, 15) is 14.4 Å². The zero-order valence-electron chi connectivity index (χ0n) is 15.6. The number of thiophene rings is 1. The Kier molecular flexibility index (Phi) is 6.15. The Balaban J connectivity index is 1.93. The first-order valence-electron chi connectivity index (χ1n) is 8.70. The van der Waals surface area contributed by atoms with Crippen LogP contribution in [0, 0.1) is 0 Å². The van der Waals surface area contributed by atoms with Gasteiger partial charge in [-0.2, -0.15) is 0 Å². The van der Waals surface area contributed by atoms with E-state index >= 15 is 0 Å². The molecule has 0 saturated heterocycles. The van der Waals surface area contributed by atoms with Gasteiger partial charge in [0.25, 0.3) is 5.56 Å². The van der Waals surface area contributed by atoms with Crippen LogP contribution in [-0.4, -0.2) is 32.8 Å². The van der Waals surface area contributed by atoms with Crippen LogP contribution >= 0.6 is 23.1 Å². The van der Waals surface area contributed by atoms with Crippen LogP contribution in [0.4, 0.5) is 4.79 Å². The van der Waals surface area contributed by atoms with Crippen LogP contribution in [0.15, 0.2) is 51.7 Å². The van der Waals surface area contributed by atoms with Gasteiger partial charge in [-0.1, -0.05) is 30.0 Å². The van der Waals surface area contributed by atoms with Crippen LogP contribution in [0.5, 0.6) is 0 Å². The molecular weight excluding hydrogens is 396 g/mol. The molecule has 0 saturated carbocycles. The number of nitrogens with one attached hydrogen (secondary N) is 2. The van der Waals surface area contributed by atoms with Crippen molar-refractivity contribution in [2.24, 2.45) is 0 Å². The number of para-hydroxylation sites is 1. The monoisotopic (exact) mass is 416 g/mol. The maximum atomic E-state index is 13.0. The van der Waals surface area contributed by atoms with Crippen LogP contribution in [0.25, 0.3) is 15.9 Å². The maximum absolute atomic E-state index is 13.0. The second-order valence-corrected chi connectivity index (χ2v) is 8.59. The second-order valence-electron chi connectivity index (χ2n) is 6.39. The number of aromatic nitrogens is 2. The van der Waals surface area contributed by atoms with Gasteiger partial charge in [0.2, 0.25) is 5.91 Å². The average Bonchev–Trinajstić information content (AvgIpc) is 3.10. The summed E-state index contributed by atoms with van der Waals surface area (Å²) in [6.45, 7) is 5.28. The number of hydrogen-bond acceptors (Lipinski definition) is 6. The van der Waals surface area contributed by atoms with Crippen LogP contribution in [0.1, 0.15) is 20.8 Å². The van der Waals surface area contributed by atoms with Crippen molar-refractivity contribution in [2.45, 2.75) is 37.2 Å². The number of urea groups is 1. The van der Waals surface area contributed by atoms with Crippen LogP contribution in [-0.2, 0) is 4.79 Å². The minimum Gasteiger partial charge on any atom is -0.336 e. The van der Waals surface area contributed by atoms with Gasteiger partial charge in [0, 0.05) is 6.04 Å². The van der Waals surface area contributed by atoms with Gasteiger partial charge in [-0.25, -0.2) is 9.78 Å². The molecule has 0 aliphatic heterocycles. The fraction of sp³-hybridized carbons (Fsp3) is 0.263. The molecule has 0 aliphatic carbocycles. The lowest BCUT2D eigenvalue weighted by Gasteiger charge is -2.16. The van der Waals surface area contributed by atoms with Crippen LogP contribution in [0.2, 0.25) is 0 Å². The van der Waals surface area contributed by atoms with E-state index in [1.165, 1.54) is 15.9 Å². The molecule has 1 aromatic carbocycles. The number of thioether (sulfide) groups is 1. The second kappa shape index (κ2) is 8.57. The smallest absolute Gasteiger partial charge is 0.321 e. The van der Waals surface area contributed by atoms with Crippen LogP contribution in [0.3, 0.4) is 0 Å². The topological polar surface area (TPSA) is 93.1 Å². The van der Waals surface area contributed by atoms with E-state index in [1.807, 2.05) is 35.7 Å². The summed E-state index contributed by atoms with van der Waals surface area (Å²) in [6, 6.07) is 10.3. The predicted molar refractivity (Wildman–Crippen MR) is 112 cm³/mol. The third-order valence-electron chi connectivity index (χ3n) is 3.79. The number of nitrogens with zero attached hydrogens (tertiary/aromatic N) is 2. The Morgan fingerprint density at radius 2 is 1.86 bits per heavy atom. The molecule has 0 unspecified atom stereocenters. The molecular formula is C19H20N4O3S2. The highest BCUT2D eigenvalue weighted by Crippen LogP contribution is 2.26. The fourth-order valence-electron chi connectivity index (χ4n) is 2.50. The van der Waals surface area contributed by atoms with Gasteiger partial charge in [-0.3, -0.25) is 19.5 Å². The minimum absolute atomic E-state index is 0.0816. The lowest BCUT2D eigenvalue weighted by Crippen LogP contribution is -2.45. The molecule has 0 bridgehead atoms. The molecule has 0 aliphatic rings. The van der Waals surface area contributed by atoms with E-state index in [0.717, 1.165) is 11.8 Å². The third kappa shape index (κ3) is 4.42. The molecule has 146 valence electrons. The summed E-state index contributed by atoms with van der Waals surface area (Å²) >= 11 is 2.50. The van der Waals surface area contributed by atoms with Crippen molar-refractivity contribution in [3.05, 3.63) is 52.1 Å². The third-order valence-corrected chi connectivity index (χ3v) is 5.65. The van der Waals surface area contributed by atoms with Crippen molar-refractivity contribution in [3.63, 3.8) is 0 Å². The Morgan fingerprint density at radius 3 is 2.54 bits per heavy atom. The van der Waals surface area contributed by atoms with Crippen LogP contribution < -0.4 is 16.2 Å². The van der Waals surface area contributed by atoms with Gasteiger partial charge in [0.1, 0.15) is 4.83 Å². The van der Waals surface area contributed by atoms with E-state index < -0.39 is 17.2 Å². The average molecular weight is 417 g/mol. The predicted octanol–water partition coefficient (Wildman–Crippen LogP) is 3.16. The summed E-state index contributed by atoms with van der Waals surface area (Å²) in [5.41, 5.74) is 0.478. The van der Waals surface area contributed by atoms with Gasteiger partial charge in [-0.15, -0.1) is 11.3 Å². The molecule has 1 atom stereocenters. The molecule has 0 radical (unpaired) electrons. The van der Waals surface area contributed by atoms with Crippen molar-refractivity contribution in [1.29, 1.82) is 0 Å². The molecule has 2 heterocycles. The standard InChI is InChI=1S/C19H20N4O3S2/c1-11(2)20-18(26)21-15(24)12(3)28-19-22-16-14(9-10-27-16)17(25)23(19)13-7-5-4-6-8-13/h4-12H,1-3H3,(H2,20,21,24,26)/t12-/m1/s1. The largest absolute Gasteiger partial charge is 0.336 e. The number of hydrogen-bond donors (Lipinski definition) is 2. The van der Waals surface area contributed by atoms with Gasteiger partial charge in [0.15, 0.2) is 5.16 Å². The minimum atomic E-state index is -0.628. The van der Waals surface area contributed by atoms with E-state index in [2.05, 4.69) is 15.6 Å². The Labute approximate surface area is 170 Å². The van der Waals surface area contributed by atoms with E-state index in [1.54, 1.807) is 26.8 Å². The highest BCUT2D eigenvalue weighted by Gasteiger charge is 2.22. The summed E-state index contributed by atoms with van der Waals surface area (Å²) in [6.07, 6.45) is 0. The SMILES string of the molecule is CC(C)NC(=O)NC(=O)[C@@H](C)Sc1nc2sccc2c(=O)n1-c1ccccc1. The fourth-order valence-corrected chi connectivity index (χ4v) is 4.23. The highest BCUT2D eigenvalue weighted by molar-refractivity contribution is 8.00. The Morgan fingerprint density at radius 1 is 1.14 bits per heavy atom. The first-order valence-corrected chi connectivity index (χ1v) is 10.5. The summed E-state index contributed by atoms with van der Waals surface area (Å²) in [5.74, 6) is -0.455. The number of fused-ring (bicyclic) bond motifs is 1. The number of amides is 3. The molecule has 0 fully saturated rings. The highest BCUT2D eigenvalue weighted by atomic mass is 32.2. The van der Waals surface area contributed by atoms with Gasteiger partial charge >= 0.3 is 6.03 Å². The molecule has 0 spiro atoms. The lowest BCUT2D eigenvalue weighted by molar-refractivity contribution is -0.119. The lowest BCUT2D eigenvalue weighted by atomic mass is 10.3. The maximum Gasteiger partial charge on any atom is 0.321 e. The van der Waals surface area contributed by atoms with Crippen molar-refractivity contribution in [2.75, 3.05) is 0 Å². The zero-order valence-corrected chi connectivity index (χ0v) is 17.3. The molecule has 7 nitrogen and oxygen atoms in total. The van der Waals surface area contributed by atoms with E-state index in [0.29, 0.717) is 21.1 Å². The first kappa shape index (κ1) is 20.1. The summed E-state index contributed by atoms with van der Waals surface area (Å²) in [5, 5.41) is 7.05. The number of benzene rings is 1. The molecule has 28 heavy (non-hydrogen) atoms. The summed E-state index contributed by atoms with van der Waals surface area (Å²) in [4.78, 5) is 42.4. The quantitative estimate of drug-likeness (QED) is 0.492. The van der Waals surface area contributed by atoms with Crippen molar-refractivity contribution in [1.82, 2.24) is 20.2 Å². The van der Waals surface area contributed by atoms with Crippen molar-refractivity contribution in [3.8, 4) is 5.69 Å². The number of imide groups is 1. The Bertz CT molecular complexity index is 1060. The summed E-state index contributed by atoms with van der Waals surface area (Å²) < 4.78 is 1.50. The molecule has 2 N–H and O–H groups in total.